The summed E-state index contributed by atoms with van der Waals surface area (Å²) in [6.45, 7) is 1.88. The number of hydrogen-bond acceptors (Lipinski definition) is 2. The number of rotatable bonds is 1. The van der Waals surface area contributed by atoms with E-state index in [9.17, 15) is 4.79 Å². The van der Waals surface area contributed by atoms with Crippen molar-refractivity contribution in [2.24, 2.45) is 5.92 Å². The molecule has 0 spiro atoms. The predicted molar refractivity (Wildman–Crippen MR) is 61.4 cm³/mol. The van der Waals surface area contributed by atoms with Gasteiger partial charge in [-0.1, -0.05) is 37.3 Å². The Morgan fingerprint density at radius 2 is 1.93 bits per heavy atom. The highest BCUT2D eigenvalue weighted by molar-refractivity contribution is 9.12. The Morgan fingerprint density at radius 3 is 2.60 bits per heavy atom. The van der Waals surface area contributed by atoms with Gasteiger partial charge in [-0.15, -0.1) is 0 Å². The third-order valence-electron chi connectivity index (χ3n) is 2.55. The van der Waals surface area contributed by atoms with Crippen LogP contribution in [0.15, 0.2) is 41.1 Å². The van der Waals surface area contributed by atoms with Crippen LogP contribution in [0.2, 0.25) is 0 Å². The first-order valence-corrected chi connectivity index (χ1v) is 5.59. The lowest BCUT2D eigenvalue weighted by atomic mass is 9.92. The fourth-order valence-electron chi connectivity index (χ4n) is 1.67. The van der Waals surface area contributed by atoms with Crippen molar-refractivity contribution < 1.29 is 9.53 Å². The van der Waals surface area contributed by atoms with Crippen LogP contribution in [0.25, 0.3) is 0 Å². The first kappa shape index (κ1) is 10.4. The summed E-state index contributed by atoms with van der Waals surface area (Å²) >= 11 is 3.18. The van der Waals surface area contributed by atoms with Crippen molar-refractivity contribution in [1.29, 1.82) is 0 Å². The zero-order valence-corrected chi connectivity index (χ0v) is 9.90. The maximum absolute atomic E-state index is 11.7. The molecule has 0 aliphatic carbocycles. The van der Waals surface area contributed by atoms with Crippen LogP contribution in [0, 0.1) is 5.92 Å². The maximum atomic E-state index is 11.7. The van der Waals surface area contributed by atoms with Gasteiger partial charge in [-0.05, 0) is 21.5 Å². The Labute approximate surface area is 97.1 Å². The summed E-state index contributed by atoms with van der Waals surface area (Å²) in [7, 11) is 0. The minimum absolute atomic E-state index is 0.0927. The van der Waals surface area contributed by atoms with E-state index in [-0.39, 0.29) is 17.8 Å². The largest absolute Gasteiger partial charge is 0.491 e. The summed E-state index contributed by atoms with van der Waals surface area (Å²) in [5.41, 5.74) is 1.04. The molecule has 0 radical (unpaired) electrons. The molecule has 0 unspecified atom stereocenters. The quantitative estimate of drug-likeness (QED) is 0.781. The second-order valence-electron chi connectivity index (χ2n) is 3.59. The summed E-state index contributed by atoms with van der Waals surface area (Å²) in [6.07, 6.45) is 1.32. The van der Waals surface area contributed by atoms with E-state index in [0.29, 0.717) is 4.48 Å². The molecule has 1 aliphatic heterocycles. The Morgan fingerprint density at radius 1 is 1.27 bits per heavy atom. The standard InChI is InChI=1S/C12H11BrO2/c1-8-11(14)10(13)7-15-12(8)9-5-3-2-4-6-9/h2-8,12H,1H3/t8-,12+/m0/s1. The fraction of sp³-hybridized carbons (Fsp3) is 0.250. The second-order valence-corrected chi connectivity index (χ2v) is 4.44. The van der Waals surface area contributed by atoms with Crippen LogP contribution in [0.5, 0.6) is 0 Å². The van der Waals surface area contributed by atoms with Gasteiger partial charge in [-0.2, -0.15) is 0 Å². The van der Waals surface area contributed by atoms with Crippen LogP contribution in [0.1, 0.15) is 18.6 Å². The monoisotopic (exact) mass is 266 g/mol. The molecule has 2 nitrogen and oxygen atoms in total. The molecular formula is C12H11BrO2. The van der Waals surface area contributed by atoms with Gasteiger partial charge in [0.1, 0.15) is 12.4 Å². The minimum Gasteiger partial charge on any atom is -0.491 e. The number of carbonyl (C=O) groups is 1. The molecule has 0 N–H and O–H groups in total. The topological polar surface area (TPSA) is 26.3 Å². The van der Waals surface area contributed by atoms with Crippen LogP contribution < -0.4 is 0 Å². The van der Waals surface area contributed by atoms with E-state index in [1.165, 1.54) is 6.26 Å². The number of hydrogen-bond donors (Lipinski definition) is 0. The van der Waals surface area contributed by atoms with Gasteiger partial charge in [0, 0.05) is 0 Å². The van der Waals surface area contributed by atoms with E-state index in [0.717, 1.165) is 5.56 Å². The summed E-state index contributed by atoms with van der Waals surface area (Å²) in [5, 5.41) is 0. The van der Waals surface area contributed by atoms with E-state index < -0.39 is 0 Å². The third kappa shape index (κ3) is 1.97. The van der Waals surface area contributed by atoms with E-state index >= 15 is 0 Å². The second kappa shape index (κ2) is 4.19. The lowest BCUT2D eigenvalue weighted by Gasteiger charge is -2.26. The number of ketones is 1. The summed E-state index contributed by atoms with van der Waals surface area (Å²) < 4.78 is 6.05. The van der Waals surface area contributed by atoms with Crippen molar-refractivity contribution in [2.75, 3.05) is 0 Å². The zero-order chi connectivity index (χ0) is 10.8. The zero-order valence-electron chi connectivity index (χ0n) is 8.31. The van der Waals surface area contributed by atoms with Gasteiger partial charge < -0.3 is 4.74 Å². The van der Waals surface area contributed by atoms with Crippen LogP contribution >= 0.6 is 15.9 Å². The number of benzene rings is 1. The fourth-order valence-corrected chi connectivity index (χ4v) is 2.14. The number of allylic oxidation sites excluding steroid dienone is 1. The van der Waals surface area contributed by atoms with Crippen molar-refractivity contribution in [3.05, 3.63) is 46.6 Å². The van der Waals surface area contributed by atoms with Crippen LogP contribution in [-0.2, 0) is 9.53 Å². The average molecular weight is 267 g/mol. The van der Waals surface area contributed by atoms with Gasteiger partial charge in [0.2, 0.25) is 0 Å². The van der Waals surface area contributed by atoms with Crippen LogP contribution in [0.3, 0.4) is 0 Å². The molecule has 3 heteroatoms. The third-order valence-corrected chi connectivity index (χ3v) is 3.13. The highest BCUT2D eigenvalue weighted by atomic mass is 79.9. The van der Waals surface area contributed by atoms with Gasteiger partial charge >= 0.3 is 0 Å². The van der Waals surface area contributed by atoms with Crippen molar-refractivity contribution in [1.82, 2.24) is 0 Å². The first-order chi connectivity index (χ1) is 7.20. The molecule has 2 atom stereocenters. The number of ether oxygens (including phenoxy) is 1. The van der Waals surface area contributed by atoms with Crippen molar-refractivity contribution in [3.8, 4) is 0 Å². The molecule has 0 aromatic heterocycles. The Hall–Kier alpha value is -1.09. The molecule has 0 saturated heterocycles. The summed E-state index contributed by atoms with van der Waals surface area (Å²) in [4.78, 5) is 11.7. The van der Waals surface area contributed by atoms with Gasteiger partial charge in [0.25, 0.3) is 0 Å². The van der Waals surface area contributed by atoms with Crippen molar-refractivity contribution >= 4 is 21.7 Å². The lowest BCUT2D eigenvalue weighted by molar-refractivity contribution is -0.123. The summed E-state index contributed by atoms with van der Waals surface area (Å²) in [5.74, 6) is -0.0538. The summed E-state index contributed by atoms with van der Waals surface area (Å²) in [6, 6.07) is 9.79. The van der Waals surface area contributed by atoms with Crippen LogP contribution in [0.4, 0.5) is 0 Å². The molecule has 1 aliphatic rings. The normalized spacial score (nSPS) is 25.7. The first-order valence-electron chi connectivity index (χ1n) is 4.80. The maximum Gasteiger partial charge on any atom is 0.179 e. The van der Waals surface area contributed by atoms with Gasteiger partial charge in [-0.25, -0.2) is 0 Å². The molecule has 1 aromatic rings. The SMILES string of the molecule is C[C@H]1C(=O)C(Br)=CO[C@H]1c1ccccc1. The predicted octanol–water partition coefficient (Wildman–Crippen LogP) is 3.20. The smallest absolute Gasteiger partial charge is 0.179 e. The molecule has 15 heavy (non-hydrogen) atoms. The van der Waals surface area contributed by atoms with E-state index in [4.69, 9.17) is 4.74 Å². The average Bonchev–Trinajstić information content (AvgIpc) is 2.27. The Bertz CT molecular complexity index is 397. The molecule has 0 saturated carbocycles. The highest BCUT2D eigenvalue weighted by Crippen LogP contribution is 2.34. The number of Topliss-reactive ketones (excluding diaryl/α,β-unsaturated/α-hetero) is 1. The molecule has 0 bridgehead atoms. The highest BCUT2D eigenvalue weighted by Gasteiger charge is 2.31. The molecule has 0 fully saturated rings. The number of carbonyl (C=O) groups excluding carboxylic acids is 1. The lowest BCUT2D eigenvalue weighted by Crippen LogP contribution is -2.24. The van der Waals surface area contributed by atoms with Crippen LogP contribution in [-0.4, -0.2) is 5.78 Å². The van der Waals surface area contributed by atoms with Crippen molar-refractivity contribution in [2.45, 2.75) is 13.0 Å². The molecule has 1 aromatic carbocycles. The Kier molecular flexibility index (Phi) is 2.91. The van der Waals surface area contributed by atoms with E-state index in [2.05, 4.69) is 15.9 Å². The minimum atomic E-state index is -0.167. The Balaban J connectivity index is 2.30. The molecule has 78 valence electrons. The number of halogens is 1. The molecule has 0 amide bonds. The molecule has 2 rings (SSSR count). The molecular weight excluding hydrogens is 256 g/mol. The van der Waals surface area contributed by atoms with E-state index in [1.54, 1.807) is 0 Å². The van der Waals surface area contributed by atoms with E-state index in [1.807, 2.05) is 37.3 Å². The van der Waals surface area contributed by atoms with Gasteiger partial charge in [-0.3, -0.25) is 4.79 Å². The van der Waals surface area contributed by atoms with Gasteiger partial charge in [0.15, 0.2) is 5.78 Å². The van der Waals surface area contributed by atoms with Gasteiger partial charge in [0.05, 0.1) is 10.4 Å². The van der Waals surface area contributed by atoms with Crippen molar-refractivity contribution in [3.63, 3.8) is 0 Å². The molecule has 1 heterocycles.